The SMILES string of the molecule is COC(=O)c1cc(C2CC(F)(F)[C@H](C)N2)c(N)cn1. The molecule has 2 rings (SSSR count). The van der Waals surface area contributed by atoms with Gasteiger partial charge >= 0.3 is 5.97 Å². The van der Waals surface area contributed by atoms with E-state index in [9.17, 15) is 13.6 Å². The first-order chi connectivity index (χ1) is 8.85. The van der Waals surface area contributed by atoms with Crippen LogP contribution in [-0.4, -0.2) is 30.0 Å². The van der Waals surface area contributed by atoms with Crippen LogP contribution in [0.2, 0.25) is 0 Å². The van der Waals surface area contributed by atoms with Crippen molar-refractivity contribution in [2.24, 2.45) is 0 Å². The number of halogens is 2. The predicted molar refractivity (Wildman–Crippen MR) is 64.9 cm³/mol. The fraction of sp³-hybridized carbons (Fsp3) is 0.500. The number of alkyl halides is 2. The van der Waals surface area contributed by atoms with Gasteiger partial charge in [0.05, 0.1) is 25.0 Å². The molecular weight excluding hydrogens is 256 g/mol. The van der Waals surface area contributed by atoms with Crippen LogP contribution >= 0.6 is 0 Å². The van der Waals surface area contributed by atoms with Crippen molar-refractivity contribution in [3.8, 4) is 0 Å². The van der Waals surface area contributed by atoms with Gasteiger partial charge in [-0.25, -0.2) is 18.6 Å². The molecule has 0 bridgehead atoms. The third-order valence-electron chi connectivity index (χ3n) is 3.30. The Morgan fingerprint density at radius 3 is 2.84 bits per heavy atom. The topological polar surface area (TPSA) is 77.2 Å². The monoisotopic (exact) mass is 271 g/mol. The Bertz CT molecular complexity index is 508. The number of carbonyl (C=O) groups excluding carboxylic acids is 1. The molecule has 1 fully saturated rings. The zero-order valence-electron chi connectivity index (χ0n) is 10.6. The summed E-state index contributed by atoms with van der Waals surface area (Å²) in [7, 11) is 1.23. The minimum absolute atomic E-state index is 0.0522. The summed E-state index contributed by atoms with van der Waals surface area (Å²) < 4.78 is 31.6. The van der Waals surface area contributed by atoms with Gasteiger partial charge in [-0.2, -0.15) is 0 Å². The molecule has 3 N–H and O–H groups in total. The predicted octanol–water partition coefficient (Wildman–Crippen LogP) is 1.51. The third-order valence-corrected chi connectivity index (χ3v) is 3.30. The number of esters is 1. The highest BCUT2D eigenvalue weighted by atomic mass is 19.3. The summed E-state index contributed by atoms with van der Waals surface area (Å²) in [6.07, 6.45) is 0.924. The number of hydrogen-bond acceptors (Lipinski definition) is 5. The number of hydrogen-bond donors (Lipinski definition) is 2. The molecule has 2 atom stereocenters. The summed E-state index contributed by atoms with van der Waals surface area (Å²) in [6, 6.07) is -0.143. The van der Waals surface area contributed by atoms with Gasteiger partial charge in [-0.1, -0.05) is 0 Å². The number of nitrogens with two attached hydrogens (primary N) is 1. The van der Waals surface area contributed by atoms with Crippen LogP contribution < -0.4 is 11.1 Å². The number of nitrogens with one attached hydrogen (secondary N) is 1. The van der Waals surface area contributed by atoms with Crippen LogP contribution in [0.15, 0.2) is 12.3 Å². The molecule has 1 aliphatic rings. The van der Waals surface area contributed by atoms with E-state index in [1.165, 1.54) is 26.3 Å². The highest BCUT2D eigenvalue weighted by Gasteiger charge is 2.46. The standard InChI is InChI=1S/C12H15F2N3O2/c1-6-12(13,14)4-10(17-6)7-3-9(11(18)19-2)16-5-8(7)15/h3,5-6,10,17H,4,15H2,1-2H3/t6-,10?/m0/s1. The average Bonchev–Trinajstić information content (AvgIpc) is 2.63. The molecule has 19 heavy (non-hydrogen) atoms. The highest BCUT2D eigenvalue weighted by molar-refractivity contribution is 5.87. The van der Waals surface area contributed by atoms with Gasteiger partial charge in [0.1, 0.15) is 5.69 Å². The first-order valence-corrected chi connectivity index (χ1v) is 5.82. The summed E-state index contributed by atoms with van der Waals surface area (Å²) in [5.74, 6) is -3.43. The molecule has 104 valence electrons. The summed E-state index contributed by atoms with van der Waals surface area (Å²) in [5, 5.41) is 2.78. The first kappa shape index (κ1) is 13.7. The number of nitrogen functional groups attached to an aromatic ring is 1. The van der Waals surface area contributed by atoms with Crippen molar-refractivity contribution in [3.05, 3.63) is 23.5 Å². The Labute approximate surface area is 109 Å². The number of methoxy groups -OCH3 is 1. The molecule has 1 aromatic heterocycles. The van der Waals surface area contributed by atoms with Crippen LogP contribution in [0.25, 0.3) is 0 Å². The minimum Gasteiger partial charge on any atom is -0.464 e. The number of carbonyl (C=O) groups is 1. The largest absolute Gasteiger partial charge is 0.464 e. The summed E-state index contributed by atoms with van der Waals surface area (Å²) in [5.41, 5.74) is 6.51. The van der Waals surface area contributed by atoms with E-state index >= 15 is 0 Å². The fourth-order valence-corrected chi connectivity index (χ4v) is 2.13. The lowest BCUT2D eigenvalue weighted by Crippen LogP contribution is -2.32. The number of anilines is 1. The van der Waals surface area contributed by atoms with Crippen molar-refractivity contribution in [1.29, 1.82) is 0 Å². The Hall–Kier alpha value is -1.76. The second-order valence-corrected chi connectivity index (χ2v) is 4.60. The van der Waals surface area contributed by atoms with Crippen molar-refractivity contribution in [2.75, 3.05) is 12.8 Å². The van der Waals surface area contributed by atoms with Crippen LogP contribution in [0.3, 0.4) is 0 Å². The van der Waals surface area contributed by atoms with Crippen LogP contribution in [0.5, 0.6) is 0 Å². The Morgan fingerprint density at radius 1 is 1.63 bits per heavy atom. The first-order valence-electron chi connectivity index (χ1n) is 5.82. The van der Waals surface area contributed by atoms with E-state index in [0.717, 1.165) is 0 Å². The van der Waals surface area contributed by atoms with Crippen molar-refractivity contribution in [1.82, 2.24) is 10.3 Å². The van der Waals surface area contributed by atoms with Gasteiger partial charge in [-0.15, -0.1) is 0 Å². The molecule has 0 saturated carbocycles. The Kier molecular flexibility index (Phi) is 3.40. The molecule has 0 amide bonds. The van der Waals surface area contributed by atoms with Crippen molar-refractivity contribution < 1.29 is 18.3 Å². The van der Waals surface area contributed by atoms with E-state index in [1.54, 1.807) is 0 Å². The van der Waals surface area contributed by atoms with Crippen molar-refractivity contribution >= 4 is 11.7 Å². The molecular formula is C12H15F2N3O2. The van der Waals surface area contributed by atoms with Gasteiger partial charge in [-0.3, -0.25) is 0 Å². The van der Waals surface area contributed by atoms with Gasteiger partial charge < -0.3 is 15.8 Å². The Morgan fingerprint density at radius 2 is 2.32 bits per heavy atom. The molecule has 1 unspecified atom stereocenters. The number of nitrogens with zero attached hydrogens (tertiary/aromatic N) is 1. The van der Waals surface area contributed by atoms with E-state index < -0.39 is 24.0 Å². The maximum absolute atomic E-state index is 13.5. The summed E-state index contributed by atoms with van der Waals surface area (Å²) in [6.45, 7) is 1.42. The second kappa shape index (κ2) is 4.73. The molecule has 0 aliphatic carbocycles. The van der Waals surface area contributed by atoms with E-state index in [-0.39, 0.29) is 17.8 Å². The normalized spacial score (nSPS) is 25.3. The van der Waals surface area contributed by atoms with Crippen LogP contribution in [0.1, 0.15) is 35.4 Å². The van der Waals surface area contributed by atoms with Crippen molar-refractivity contribution in [3.63, 3.8) is 0 Å². The average molecular weight is 271 g/mol. The molecule has 1 aliphatic heterocycles. The van der Waals surface area contributed by atoms with E-state index in [4.69, 9.17) is 5.73 Å². The van der Waals surface area contributed by atoms with Gasteiger partial charge in [0.2, 0.25) is 0 Å². The molecule has 5 nitrogen and oxygen atoms in total. The van der Waals surface area contributed by atoms with Crippen LogP contribution in [0, 0.1) is 0 Å². The number of ether oxygens (including phenoxy) is 1. The highest BCUT2D eigenvalue weighted by Crippen LogP contribution is 2.39. The molecule has 0 aromatic carbocycles. The zero-order valence-corrected chi connectivity index (χ0v) is 10.6. The maximum Gasteiger partial charge on any atom is 0.356 e. The van der Waals surface area contributed by atoms with E-state index in [1.807, 2.05) is 0 Å². The maximum atomic E-state index is 13.5. The summed E-state index contributed by atoms with van der Waals surface area (Å²) >= 11 is 0. The molecule has 1 aromatic rings. The second-order valence-electron chi connectivity index (χ2n) is 4.60. The Balaban J connectivity index is 2.33. The minimum atomic E-state index is -2.80. The smallest absolute Gasteiger partial charge is 0.356 e. The number of aromatic nitrogens is 1. The van der Waals surface area contributed by atoms with E-state index in [0.29, 0.717) is 5.56 Å². The lowest BCUT2D eigenvalue weighted by molar-refractivity contribution is -0.00693. The number of pyridine rings is 1. The van der Waals surface area contributed by atoms with Crippen LogP contribution in [0.4, 0.5) is 14.5 Å². The molecule has 0 radical (unpaired) electrons. The van der Waals surface area contributed by atoms with Crippen LogP contribution in [-0.2, 0) is 4.74 Å². The molecule has 7 heteroatoms. The summed E-state index contributed by atoms with van der Waals surface area (Å²) in [4.78, 5) is 15.2. The zero-order chi connectivity index (χ0) is 14.2. The quantitative estimate of drug-likeness (QED) is 0.797. The lowest BCUT2D eigenvalue weighted by Gasteiger charge is -2.14. The van der Waals surface area contributed by atoms with Gasteiger partial charge in [-0.05, 0) is 18.6 Å². The van der Waals surface area contributed by atoms with Crippen molar-refractivity contribution in [2.45, 2.75) is 31.4 Å². The lowest BCUT2D eigenvalue weighted by atomic mass is 10.0. The third kappa shape index (κ3) is 2.51. The van der Waals surface area contributed by atoms with Gasteiger partial charge in [0.15, 0.2) is 0 Å². The van der Waals surface area contributed by atoms with Gasteiger partial charge in [0, 0.05) is 12.5 Å². The fourth-order valence-electron chi connectivity index (χ4n) is 2.13. The molecule has 1 saturated heterocycles. The number of rotatable bonds is 2. The van der Waals surface area contributed by atoms with E-state index in [2.05, 4.69) is 15.0 Å². The van der Waals surface area contributed by atoms with Gasteiger partial charge in [0.25, 0.3) is 5.92 Å². The molecule has 0 spiro atoms. The molecule has 2 heterocycles.